The molecule has 0 aliphatic carbocycles. The third-order valence-electron chi connectivity index (χ3n) is 1.26. The van der Waals surface area contributed by atoms with Crippen LogP contribution in [0.4, 0.5) is 0 Å². The molecule has 0 saturated carbocycles. The predicted octanol–water partition coefficient (Wildman–Crippen LogP) is 2.34. The van der Waals surface area contributed by atoms with Crippen LogP contribution < -0.4 is 0 Å². The average Bonchev–Trinajstić information content (AvgIpc) is 2.50. The van der Waals surface area contributed by atoms with Crippen LogP contribution in [-0.4, -0.2) is 14.5 Å². The molecule has 1 rings (SSSR count). The minimum Gasteiger partial charge on any atom is -0.462 e. The van der Waals surface area contributed by atoms with E-state index in [0.717, 1.165) is 0 Å². The fourth-order valence-corrected chi connectivity index (χ4v) is 1.08. The monoisotopic (exact) mass is 208 g/mol. The van der Waals surface area contributed by atoms with Crippen LogP contribution >= 0.6 is 0 Å². The molecule has 0 unspecified atom stereocenters. The fourth-order valence-electron chi connectivity index (χ4n) is 0.716. The van der Waals surface area contributed by atoms with Crippen molar-refractivity contribution in [1.82, 2.24) is 0 Å². The lowest BCUT2D eigenvalue weighted by molar-refractivity contribution is 0.337. The first-order valence-electron chi connectivity index (χ1n) is 4.21. The Morgan fingerprint density at radius 1 is 1.57 bits per heavy atom. The van der Waals surface area contributed by atoms with E-state index < -0.39 is 8.32 Å². The highest BCUT2D eigenvalue weighted by Gasteiger charge is 2.15. The second-order valence-corrected chi connectivity index (χ2v) is 8.20. The van der Waals surface area contributed by atoms with Gasteiger partial charge in [0.25, 0.3) is 8.32 Å². The minimum atomic E-state index is -1.62. The van der Waals surface area contributed by atoms with E-state index >= 15 is 0 Å². The van der Waals surface area contributed by atoms with Gasteiger partial charge < -0.3 is 8.94 Å². The van der Waals surface area contributed by atoms with Gasteiger partial charge in [0.1, 0.15) is 24.3 Å². The Kier molecular flexibility index (Phi) is 3.09. The molecule has 0 amide bonds. The summed E-state index contributed by atoms with van der Waals surface area (Å²) in [6, 6.07) is 3.57. The molecule has 0 N–H and O–H groups in total. The van der Waals surface area contributed by atoms with Crippen molar-refractivity contribution in [3.05, 3.63) is 23.7 Å². The van der Waals surface area contributed by atoms with Gasteiger partial charge >= 0.3 is 0 Å². The standard InChI is InChI=1S/C9H12N2O2Si/c1-14(2,3)13-11-6-9-4-8(5-10)7-12-9/h4,6-7H,1-3H3/b11-6+. The smallest absolute Gasteiger partial charge is 0.278 e. The van der Waals surface area contributed by atoms with Gasteiger partial charge in [-0.25, -0.2) is 0 Å². The molecule has 0 saturated heterocycles. The summed E-state index contributed by atoms with van der Waals surface area (Å²) in [5.41, 5.74) is 0.486. The van der Waals surface area contributed by atoms with Crippen molar-refractivity contribution < 1.29 is 8.94 Å². The minimum absolute atomic E-state index is 0.486. The summed E-state index contributed by atoms with van der Waals surface area (Å²) in [5, 5.41) is 12.3. The van der Waals surface area contributed by atoms with Crippen molar-refractivity contribution in [1.29, 1.82) is 5.26 Å². The fraction of sp³-hybridized carbons (Fsp3) is 0.333. The molecule has 0 fully saturated rings. The largest absolute Gasteiger partial charge is 0.462 e. The van der Waals surface area contributed by atoms with Gasteiger partial charge in [0, 0.05) is 6.07 Å². The number of nitriles is 1. The third-order valence-corrected chi connectivity index (χ3v) is 1.91. The lowest BCUT2D eigenvalue weighted by atomic mass is 10.3. The van der Waals surface area contributed by atoms with Crippen LogP contribution in [0.25, 0.3) is 0 Å². The second kappa shape index (κ2) is 4.11. The number of oxime groups is 1. The van der Waals surface area contributed by atoms with Crippen LogP contribution in [0, 0.1) is 11.3 Å². The van der Waals surface area contributed by atoms with E-state index in [1.807, 2.05) is 25.7 Å². The molecule has 5 heteroatoms. The lowest BCUT2D eigenvalue weighted by Crippen LogP contribution is -2.22. The Hall–Kier alpha value is -1.54. The van der Waals surface area contributed by atoms with E-state index in [0.29, 0.717) is 11.3 Å². The summed E-state index contributed by atoms with van der Waals surface area (Å²) in [6.45, 7) is 6.10. The second-order valence-electron chi connectivity index (χ2n) is 3.79. The summed E-state index contributed by atoms with van der Waals surface area (Å²) >= 11 is 0. The first-order chi connectivity index (χ1) is 6.51. The molecule has 4 nitrogen and oxygen atoms in total. The van der Waals surface area contributed by atoms with Crippen LogP contribution in [0.15, 0.2) is 21.9 Å². The summed E-state index contributed by atoms with van der Waals surface area (Å²) in [4.78, 5) is 0. The van der Waals surface area contributed by atoms with Crippen molar-refractivity contribution >= 4 is 14.5 Å². The normalized spacial score (nSPS) is 11.6. The van der Waals surface area contributed by atoms with E-state index in [9.17, 15) is 0 Å². The molecule has 0 aromatic carbocycles. The van der Waals surface area contributed by atoms with Crippen LogP contribution in [0.1, 0.15) is 11.3 Å². The Bertz CT molecular complexity index is 371. The third kappa shape index (κ3) is 3.45. The van der Waals surface area contributed by atoms with Gasteiger partial charge in [-0.15, -0.1) is 5.16 Å². The number of furan rings is 1. The molecule has 0 atom stereocenters. The van der Waals surface area contributed by atoms with Gasteiger partial charge in [-0.1, -0.05) is 0 Å². The van der Waals surface area contributed by atoms with E-state index in [-0.39, 0.29) is 0 Å². The molecular formula is C9H12N2O2Si. The summed E-state index contributed by atoms with van der Waals surface area (Å²) < 4.78 is 10.3. The van der Waals surface area contributed by atoms with Crippen molar-refractivity contribution in [2.24, 2.45) is 5.16 Å². The molecule has 1 aromatic rings. The summed E-state index contributed by atoms with van der Waals surface area (Å²) in [7, 11) is -1.62. The Morgan fingerprint density at radius 3 is 2.79 bits per heavy atom. The molecule has 0 aliphatic rings. The van der Waals surface area contributed by atoms with Crippen molar-refractivity contribution in [3.63, 3.8) is 0 Å². The predicted molar refractivity (Wildman–Crippen MR) is 55.4 cm³/mol. The SMILES string of the molecule is C[Si](C)(C)O/N=C/c1cc(C#N)co1. The molecule has 0 bridgehead atoms. The van der Waals surface area contributed by atoms with Crippen molar-refractivity contribution in [2.45, 2.75) is 19.6 Å². The van der Waals surface area contributed by atoms with E-state index in [1.54, 1.807) is 6.07 Å². The zero-order valence-corrected chi connectivity index (χ0v) is 9.44. The number of hydrogen-bond donors (Lipinski definition) is 0. The molecule has 74 valence electrons. The van der Waals surface area contributed by atoms with Gasteiger partial charge in [0.05, 0.1) is 5.56 Å². The highest BCUT2D eigenvalue weighted by molar-refractivity contribution is 6.69. The first-order valence-corrected chi connectivity index (χ1v) is 7.62. The maximum atomic E-state index is 8.53. The van der Waals surface area contributed by atoms with Gasteiger partial charge in [0.2, 0.25) is 0 Å². The molecule has 0 radical (unpaired) electrons. The number of nitrogens with zero attached hydrogens (tertiary/aromatic N) is 2. The maximum Gasteiger partial charge on any atom is 0.278 e. The lowest BCUT2D eigenvalue weighted by Gasteiger charge is -2.11. The van der Waals surface area contributed by atoms with Crippen LogP contribution in [0.5, 0.6) is 0 Å². The first kappa shape index (κ1) is 10.5. The number of hydrogen-bond acceptors (Lipinski definition) is 4. The Morgan fingerprint density at radius 2 is 2.29 bits per heavy atom. The zero-order valence-electron chi connectivity index (χ0n) is 8.44. The Labute approximate surface area is 83.9 Å². The summed E-state index contributed by atoms with van der Waals surface area (Å²) in [5.74, 6) is 0.528. The molecule has 1 heterocycles. The highest BCUT2D eigenvalue weighted by Crippen LogP contribution is 2.06. The van der Waals surface area contributed by atoms with Gasteiger partial charge in [0.15, 0.2) is 0 Å². The molecule has 0 aliphatic heterocycles. The van der Waals surface area contributed by atoms with E-state index in [1.165, 1.54) is 12.5 Å². The van der Waals surface area contributed by atoms with E-state index in [4.69, 9.17) is 14.2 Å². The Balaban J connectivity index is 2.57. The maximum absolute atomic E-state index is 8.53. The molecule has 0 spiro atoms. The molecule has 1 aromatic heterocycles. The number of rotatable bonds is 3. The molecular weight excluding hydrogens is 196 g/mol. The van der Waals surface area contributed by atoms with Crippen molar-refractivity contribution in [2.75, 3.05) is 0 Å². The molecule has 14 heavy (non-hydrogen) atoms. The van der Waals surface area contributed by atoms with E-state index in [2.05, 4.69) is 5.16 Å². The van der Waals surface area contributed by atoms with Gasteiger partial charge in [-0.05, 0) is 19.6 Å². The zero-order chi connectivity index (χ0) is 10.6. The average molecular weight is 208 g/mol. The van der Waals surface area contributed by atoms with Gasteiger partial charge in [-0.3, -0.25) is 0 Å². The highest BCUT2D eigenvalue weighted by atomic mass is 28.4. The van der Waals surface area contributed by atoms with Crippen LogP contribution in [0.2, 0.25) is 19.6 Å². The van der Waals surface area contributed by atoms with Crippen molar-refractivity contribution in [3.8, 4) is 6.07 Å². The topological polar surface area (TPSA) is 58.5 Å². The quantitative estimate of drug-likeness (QED) is 0.435. The van der Waals surface area contributed by atoms with Gasteiger partial charge in [-0.2, -0.15) is 5.26 Å². The van der Waals surface area contributed by atoms with Crippen LogP contribution in [0.3, 0.4) is 0 Å². The summed E-state index contributed by atoms with van der Waals surface area (Å²) in [6.07, 6.45) is 2.86. The van der Waals surface area contributed by atoms with Crippen LogP contribution in [-0.2, 0) is 4.53 Å².